The molecule has 9 nitrogen and oxygen atoms in total. The van der Waals surface area contributed by atoms with Gasteiger partial charge in [0.05, 0.1) is 37.1 Å². The number of nitrogens with one attached hydrogen (secondary N) is 1. The number of methoxy groups -OCH3 is 2. The minimum absolute atomic E-state index is 0.00120. The zero-order valence-corrected chi connectivity index (χ0v) is 27.6. The Bertz CT molecular complexity index is 1530. The largest absolute Gasteiger partial charge is 0.493 e. The van der Waals surface area contributed by atoms with Crippen molar-refractivity contribution in [3.63, 3.8) is 0 Å². The number of fused-ring (bicyclic) bond motifs is 1. The summed E-state index contributed by atoms with van der Waals surface area (Å²) in [5.41, 5.74) is 3.75. The van der Waals surface area contributed by atoms with Crippen LogP contribution in [0.2, 0.25) is 0 Å². The van der Waals surface area contributed by atoms with Gasteiger partial charge in [0.15, 0.2) is 11.5 Å². The van der Waals surface area contributed by atoms with E-state index in [1.807, 2.05) is 44.2 Å². The van der Waals surface area contributed by atoms with Crippen LogP contribution in [0.1, 0.15) is 84.0 Å². The van der Waals surface area contributed by atoms with E-state index in [0.717, 1.165) is 37.4 Å². The first kappa shape index (κ1) is 33.0. The van der Waals surface area contributed by atoms with Crippen LogP contribution in [0.25, 0.3) is 0 Å². The van der Waals surface area contributed by atoms with Crippen LogP contribution in [-0.4, -0.2) is 74.5 Å². The molecule has 2 heterocycles. The second-order valence-corrected chi connectivity index (χ2v) is 12.5. The number of piperazine rings is 1. The van der Waals surface area contributed by atoms with Crippen molar-refractivity contribution in [2.24, 2.45) is 5.92 Å². The molecular weight excluding hydrogens is 580 g/mol. The molecule has 46 heavy (non-hydrogen) atoms. The predicted molar refractivity (Wildman–Crippen MR) is 180 cm³/mol. The summed E-state index contributed by atoms with van der Waals surface area (Å²) in [5.74, 6) is 0.760. The molecule has 0 bridgehead atoms. The van der Waals surface area contributed by atoms with Crippen molar-refractivity contribution >= 4 is 23.4 Å². The summed E-state index contributed by atoms with van der Waals surface area (Å²) >= 11 is 0. The van der Waals surface area contributed by atoms with Crippen molar-refractivity contribution < 1.29 is 23.9 Å². The van der Waals surface area contributed by atoms with E-state index in [9.17, 15) is 14.4 Å². The van der Waals surface area contributed by atoms with Crippen molar-refractivity contribution in [2.45, 2.75) is 52.1 Å². The lowest BCUT2D eigenvalue weighted by Gasteiger charge is -2.39. The maximum absolute atomic E-state index is 14.3. The fourth-order valence-electron chi connectivity index (χ4n) is 6.60. The number of imide groups is 1. The minimum Gasteiger partial charge on any atom is -0.493 e. The summed E-state index contributed by atoms with van der Waals surface area (Å²) in [6.07, 6.45) is 1.53. The van der Waals surface area contributed by atoms with Crippen LogP contribution in [0.5, 0.6) is 11.5 Å². The Balaban J connectivity index is 1.37. The van der Waals surface area contributed by atoms with Crippen molar-refractivity contribution in [1.29, 1.82) is 0 Å². The standard InChI is InChI=1S/C37H46N4O5/c1-25(2)23-34(42)38-18-10-15-30(28-16-17-32(45-4)33(24-28)46-5)41-36(43)29-13-9-14-31(35(29)37(41)44)40-21-19-39(20-22-40)26(3)27-11-7-6-8-12-27/h6-9,11-14,16-17,24-26,30H,10,15,18-23H2,1-5H3,(H,38,42)/t26?,30-/m1/s1. The summed E-state index contributed by atoms with van der Waals surface area (Å²) < 4.78 is 11.0. The summed E-state index contributed by atoms with van der Waals surface area (Å²) in [6, 6.07) is 21.3. The van der Waals surface area contributed by atoms with Crippen molar-refractivity contribution in [3.8, 4) is 11.5 Å². The summed E-state index contributed by atoms with van der Waals surface area (Å²) in [4.78, 5) is 46.7. The topological polar surface area (TPSA) is 91.4 Å². The summed E-state index contributed by atoms with van der Waals surface area (Å²) in [5, 5.41) is 2.98. The second-order valence-electron chi connectivity index (χ2n) is 12.5. The smallest absolute Gasteiger partial charge is 0.264 e. The molecule has 0 aromatic heterocycles. The van der Waals surface area contributed by atoms with Gasteiger partial charge in [-0.1, -0.05) is 56.3 Å². The molecule has 0 aliphatic carbocycles. The fourth-order valence-corrected chi connectivity index (χ4v) is 6.60. The molecule has 1 N–H and O–H groups in total. The number of benzene rings is 3. The van der Waals surface area contributed by atoms with Crippen molar-refractivity contribution in [2.75, 3.05) is 51.8 Å². The Labute approximate surface area is 272 Å². The molecule has 3 aromatic rings. The average molecular weight is 627 g/mol. The third-order valence-electron chi connectivity index (χ3n) is 9.08. The Morgan fingerprint density at radius 2 is 1.54 bits per heavy atom. The first-order chi connectivity index (χ1) is 22.2. The molecule has 2 atom stereocenters. The van der Waals surface area contributed by atoms with E-state index in [1.165, 1.54) is 10.5 Å². The van der Waals surface area contributed by atoms with Gasteiger partial charge in [-0.25, -0.2) is 0 Å². The number of carbonyl (C=O) groups is 3. The molecular formula is C37H46N4O5. The van der Waals surface area contributed by atoms with E-state index in [1.54, 1.807) is 26.4 Å². The summed E-state index contributed by atoms with van der Waals surface area (Å²) in [7, 11) is 3.14. The third kappa shape index (κ3) is 7.04. The third-order valence-corrected chi connectivity index (χ3v) is 9.08. The highest BCUT2D eigenvalue weighted by atomic mass is 16.5. The number of carbonyl (C=O) groups excluding carboxylic acids is 3. The van der Waals surface area contributed by atoms with Crippen molar-refractivity contribution in [1.82, 2.24) is 15.1 Å². The number of rotatable bonds is 13. The van der Waals surface area contributed by atoms with Crippen LogP contribution in [0.3, 0.4) is 0 Å². The average Bonchev–Trinajstić information content (AvgIpc) is 3.33. The predicted octanol–water partition coefficient (Wildman–Crippen LogP) is 5.87. The van der Waals surface area contributed by atoms with Gasteiger partial charge >= 0.3 is 0 Å². The Morgan fingerprint density at radius 1 is 0.826 bits per heavy atom. The lowest BCUT2D eigenvalue weighted by molar-refractivity contribution is -0.121. The molecule has 3 amide bonds. The number of anilines is 1. The molecule has 2 aliphatic rings. The number of ether oxygens (including phenoxy) is 2. The number of nitrogens with zero attached hydrogens (tertiary/aromatic N) is 3. The highest BCUT2D eigenvalue weighted by Crippen LogP contribution is 2.40. The molecule has 0 saturated carbocycles. The number of hydrogen-bond donors (Lipinski definition) is 1. The van der Waals surface area contributed by atoms with Gasteiger partial charge in [-0.3, -0.25) is 24.2 Å². The Morgan fingerprint density at radius 3 is 2.22 bits per heavy atom. The van der Waals surface area contributed by atoms with Gasteiger partial charge in [0, 0.05) is 45.2 Å². The quantitative estimate of drug-likeness (QED) is 0.188. The molecule has 1 saturated heterocycles. The minimum atomic E-state index is -0.550. The molecule has 244 valence electrons. The first-order valence-corrected chi connectivity index (χ1v) is 16.3. The number of hydrogen-bond acceptors (Lipinski definition) is 7. The van der Waals surface area contributed by atoms with E-state index in [0.29, 0.717) is 54.5 Å². The zero-order chi connectivity index (χ0) is 32.8. The SMILES string of the molecule is COc1ccc([C@@H](CCCNC(=O)CC(C)C)N2C(=O)c3cccc(N4CCN(C(C)c5ccccc5)CC4)c3C2=O)cc1OC. The Kier molecular flexibility index (Phi) is 10.6. The van der Waals surface area contributed by atoms with Crippen LogP contribution < -0.4 is 19.7 Å². The van der Waals surface area contributed by atoms with Gasteiger partial charge in [-0.2, -0.15) is 0 Å². The van der Waals surface area contributed by atoms with Crippen LogP contribution in [-0.2, 0) is 4.79 Å². The number of amides is 3. The van der Waals surface area contributed by atoms with E-state index < -0.39 is 6.04 Å². The molecule has 1 fully saturated rings. The molecule has 0 spiro atoms. The van der Waals surface area contributed by atoms with Gasteiger partial charge in [0.2, 0.25) is 5.91 Å². The Hall–Kier alpha value is -4.37. The lowest BCUT2D eigenvalue weighted by atomic mass is 9.99. The van der Waals surface area contributed by atoms with E-state index >= 15 is 0 Å². The molecule has 9 heteroatoms. The van der Waals surface area contributed by atoms with Gasteiger partial charge < -0.3 is 19.7 Å². The maximum Gasteiger partial charge on any atom is 0.264 e. The maximum atomic E-state index is 14.3. The van der Waals surface area contributed by atoms with Crippen molar-refractivity contribution in [3.05, 3.63) is 89.0 Å². The van der Waals surface area contributed by atoms with Gasteiger partial charge in [0.25, 0.3) is 11.8 Å². The molecule has 0 radical (unpaired) electrons. The zero-order valence-electron chi connectivity index (χ0n) is 27.6. The molecule has 1 unspecified atom stereocenters. The lowest BCUT2D eigenvalue weighted by Crippen LogP contribution is -2.47. The van der Waals surface area contributed by atoms with Gasteiger partial charge in [0.1, 0.15) is 0 Å². The fraction of sp³-hybridized carbons (Fsp3) is 0.432. The van der Waals surface area contributed by atoms with Crippen LogP contribution in [0.15, 0.2) is 66.7 Å². The monoisotopic (exact) mass is 626 g/mol. The molecule has 5 rings (SSSR count). The van der Waals surface area contributed by atoms with Crippen LogP contribution >= 0.6 is 0 Å². The van der Waals surface area contributed by atoms with E-state index in [-0.39, 0.29) is 23.6 Å². The first-order valence-electron chi connectivity index (χ1n) is 16.3. The van der Waals surface area contributed by atoms with E-state index in [2.05, 4.69) is 46.3 Å². The van der Waals surface area contributed by atoms with Crippen LogP contribution in [0.4, 0.5) is 5.69 Å². The molecule has 3 aromatic carbocycles. The van der Waals surface area contributed by atoms with Crippen LogP contribution in [0, 0.1) is 5.92 Å². The summed E-state index contributed by atoms with van der Waals surface area (Å²) in [6.45, 7) is 9.91. The van der Waals surface area contributed by atoms with Gasteiger partial charge in [-0.15, -0.1) is 0 Å². The second kappa shape index (κ2) is 14.8. The highest BCUT2D eigenvalue weighted by Gasteiger charge is 2.43. The van der Waals surface area contributed by atoms with E-state index in [4.69, 9.17) is 9.47 Å². The molecule has 2 aliphatic heterocycles. The normalized spacial score (nSPS) is 16.4. The highest BCUT2D eigenvalue weighted by molar-refractivity contribution is 6.24. The van der Waals surface area contributed by atoms with Gasteiger partial charge in [-0.05, 0) is 61.1 Å².